The number of aromatic amines is 1. The van der Waals surface area contributed by atoms with Gasteiger partial charge in [0.05, 0.1) is 11.3 Å². The maximum atomic E-state index is 5.75. The SMILES string of the molecule is CCNc1n[nH]c(-c2cccc(CN)c2)c1-c1ccncc1. The largest absolute Gasteiger partial charge is 0.368 e. The van der Waals surface area contributed by atoms with Crippen LogP contribution in [0.25, 0.3) is 22.4 Å². The predicted octanol–water partition coefficient (Wildman–Crippen LogP) is 3.03. The van der Waals surface area contributed by atoms with E-state index in [1.807, 2.05) is 24.3 Å². The zero-order chi connectivity index (χ0) is 15.4. The van der Waals surface area contributed by atoms with Gasteiger partial charge in [0.25, 0.3) is 0 Å². The summed E-state index contributed by atoms with van der Waals surface area (Å²) in [5.41, 5.74) is 11.0. The number of pyridine rings is 1. The third-order valence-electron chi connectivity index (χ3n) is 3.53. The van der Waals surface area contributed by atoms with Crippen LogP contribution in [0.1, 0.15) is 12.5 Å². The number of benzene rings is 1. The number of nitrogens with zero attached hydrogens (tertiary/aromatic N) is 2. The summed E-state index contributed by atoms with van der Waals surface area (Å²) in [6, 6.07) is 12.2. The van der Waals surface area contributed by atoms with Gasteiger partial charge in [-0.25, -0.2) is 0 Å². The molecule has 0 saturated heterocycles. The lowest BCUT2D eigenvalue weighted by Crippen LogP contribution is -1.98. The number of aromatic nitrogens is 3. The van der Waals surface area contributed by atoms with Gasteiger partial charge in [-0.3, -0.25) is 10.1 Å². The van der Waals surface area contributed by atoms with Gasteiger partial charge in [-0.05, 0) is 36.2 Å². The molecule has 0 bridgehead atoms. The first-order chi connectivity index (χ1) is 10.8. The van der Waals surface area contributed by atoms with Crippen LogP contribution in [0.2, 0.25) is 0 Å². The van der Waals surface area contributed by atoms with Crippen molar-refractivity contribution in [3.05, 3.63) is 54.4 Å². The highest BCUT2D eigenvalue weighted by Crippen LogP contribution is 2.35. The van der Waals surface area contributed by atoms with Crippen LogP contribution < -0.4 is 11.1 Å². The monoisotopic (exact) mass is 293 g/mol. The molecule has 0 saturated carbocycles. The minimum atomic E-state index is 0.520. The van der Waals surface area contributed by atoms with Gasteiger partial charge in [0.1, 0.15) is 0 Å². The van der Waals surface area contributed by atoms with E-state index in [1.54, 1.807) is 12.4 Å². The summed E-state index contributed by atoms with van der Waals surface area (Å²) < 4.78 is 0. The molecule has 0 unspecified atom stereocenters. The molecule has 0 aliphatic carbocycles. The molecule has 3 rings (SSSR count). The van der Waals surface area contributed by atoms with E-state index in [9.17, 15) is 0 Å². The van der Waals surface area contributed by atoms with Crippen molar-refractivity contribution in [1.29, 1.82) is 0 Å². The lowest BCUT2D eigenvalue weighted by atomic mass is 10.00. The Morgan fingerprint density at radius 3 is 2.68 bits per heavy atom. The van der Waals surface area contributed by atoms with Crippen LogP contribution in [0.4, 0.5) is 5.82 Å². The van der Waals surface area contributed by atoms with Crippen molar-refractivity contribution >= 4 is 5.82 Å². The molecule has 3 aromatic rings. The lowest BCUT2D eigenvalue weighted by Gasteiger charge is -2.08. The van der Waals surface area contributed by atoms with Gasteiger partial charge in [0.15, 0.2) is 5.82 Å². The topological polar surface area (TPSA) is 79.6 Å². The molecule has 0 amide bonds. The van der Waals surface area contributed by atoms with Gasteiger partial charge in [-0.1, -0.05) is 18.2 Å². The fourth-order valence-corrected chi connectivity index (χ4v) is 2.50. The third kappa shape index (κ3) is 2.71. The highest BCUT2D eigenvalue weighted by molar-refractivity contribution is 5.88. The van der Waals surface area contributed by atoms with Crippen LogP contribution in [0.5, 0.6) is 0 Å². The summed E-state index contributed by atoms with van der Waals surface area (Å²) >= 11 is 0. The second-order valence-electron chi connectivity index (χ2n) is 4.99. The van der Waals surface area contributed by atoms with Crippen LogP contribution in [0.15, 0.2) is 48.8 Å². The summed E-state index contributed by atoms with van der Waals surface area (Å²) in [5, 5.41) is 10.9. The number of anilines is 1. The second-order valence-corrected chi connectivity index (χ2v) is 4.99. The smallest absolute Gasteiger partial charge is 0.156 e. The summed E-state index contributed by atoms with van der Waals surface area (Å²) in [5.74, 6) is 0.849. The average molecular weight is 293 g/mol. The maximum absolute atomic E-state index is 5.75. The van der Waals surface area contributed by atoms with E-state index in [0.29, 0.717) is 6.54 Å². The Morgan fingerprint density at radius 2 is 1.95 bits per heavy atom. The van der Waals surface area contributed by atoms with Crippen LogP contribution in [-0.2, 0) is 6.54 Å². The zero-order valence-electron chi connectivity index (χ0n) is 12.5. The Bertz CT molecular complexity index is 749. The second kappa shape index (κ2) is 6.41. The number of nitrogens with two attached hydrogens (primary N) is 1. The first kappa shape index (κ1) is 14.3. The first-order valence-electron chi connectivity index (χ1n) is 7.35. The van der Waals surface area contributed by atoms with Gasteiger partial charge in [0.2, 0.25) is 0 Å². The van der Waals surface area contributed by atoms with Gasteiger partial charge in [0, 0.05) is 31.0 Å². The molecule has 112 valence electrons. The van der Waals surface area contributed by atoms with Crippen molar-refractivity contribution in [1.82, 2.24) is 15.2 Å². The predicted molar refractivity (Wildman–Crippen MR) is 89.3 cm³/mol. The minimum Gasteiger partial charge on any atom is -0.368 e. The van der Waals surface area contributed by atoms with Gasteiger partial charge in [-0.15, -0.1) is 0 Å². The highest BCUT2D eigenvalue weighted by atomic mass is 15.2. The van der Waals surface area contributed by atoms with Crippen molar-refractivity contribution in [2.24, 2.45) is 5.73 Å². The van der Waals surface area contributed by atoms with E-state index in [-0.39, 0.29) is 0 Å². The van der Waals surface area contributed by atoms with Crippen molar-refractivity contribution < 1.29 is 0 Å². The van der Waals surface area contributed by atoms with E-state index in [1.165, 1.54) is 0 Å². The van der Waals surface area contributed by atoms with Crippen LogP contribution in [0.3, 0.4) is 0 Å². The first-order valence-corrected chi connectivity index (χ1v) is 7.35. The molecule has 4 N–H and O–H groups in total. The molecule has 0 atom stereocenters. The molecule has 0 radical (unpaired) electrons. The van der Waals surface area contributed by atoms with Crippen LogP contribution in [0, 0.1) is 0 Å². The number of hydrogen-bond donors (Lipinski definition) is 3. The molecule has 1 aromatic carbocycles. The molecular formula is C17H19N5. The quantitative estimate of drug-likeness (QED) is 0.675. The number of nitrogens with one attached hydrogen (secondary N) is 2. The van der Waals surface area contributed by atoms with Gasteiger partial charge in [-0.2, -0.15) is 5.10 Å². The van der Waals surface area contributed by atoms with E-state index >= 15 is 0 Å². The molecule has 2 heterocycles. The summed E-state index contributed by atoms with van der Waals surface area (Å²) in [6.07, 6.45) is 3.58. The molecule has 0 aliphatic heterocycles. The number of rotatable bonds is 5. The average Bonchev–Trinajstić information content (AvgIpc) is 3.00. The number of H-pyrrole nitrogens is 1. The summed E-state index contributed by atoms with van der Waals surface area (Å²) in [6.45, 7) is 3.39. The van der Waals surface area contributed by atoms with E-state index in [2.05, 4.69) is 39.6 Å². The molecule has 0 fully saturated rings. The Morgan fingerprint density at radius 1 is 1.14 bits per heavy atom. The van der Waals surface area contributed by atoms with Crippen molar-refractivity contribution in [2.45, 2.75) is 13.5 Å². The fraction of sp³-hybridized carbons (Fsp3) is 0.176. The Balaban J connectivity index is 2.15. The molecular weight excluding hydrogens is 274 g/mol. The summed E-state index contributed by atoms with van der Waals surface area (Å²) in [7, 11) is 0. The van der Waals surface area contributed by atoms with Crippen LogP contribution in [-0.4, -0.2) is 21.7 Å². The van der Waals surface area contributed by atoms with Crippen LogP contribution >= 0.6 is 0 Å². The molecule has 0 aliphatic rings. The minimum absolute atomic E-state index is 0.520. The standard InChI is InChI=1S/C17H19N5/c1-2-20-17-15(13-6-8-19-9-7-13)16(21-22-17)14-5-3-4-12(10-14)11-18/h3-10H,2,11,18H2,1H3,(H2,20,21,22). The molecule has 2 aromatic heterocycles. The van der Waals surface area contributed by atoms with Crippen molar-refractivity contribution in [3.63, 3.8) is 0 Å². The Labute approximate surface area is 129 Å². The van der Waals surface area contributed by atoms with E-state index < -0.39 is 0 Å². The summed E-state index contributed by atoms with van der Waals surface area (Å²) in [4.78, 5) is 4.09. The van der Waals surface area contributed by atoms with Crippen molar-refractivity contribution in [3.8, 4) is 22.4 Å². The van der Waals surface area contributed by atoms with Gasteiger partial charge < -0.3 is 11.1 Å². The molecule has 22 heavy (non-hydrogen) atoms. The lowest BCUT2D eigenvalue weighted by molar-refractivity contribution is 1.06. The van der Waals surface area contributed by atoms with E-state index in [4.69, 9.17) is 5.73 Å². The molecule has 5 nitrogen and oxygen atoms in total. The highest BCUT2D eigenvalue weighted by Gasteiger charge is 2.16. The Kier molecular flexibility index (Phi) is 4.16. The normalized spacial score (nSPS) is 10.6. The van der Waals surface area contributed by atoms with Crippen molar-refractivity contribution in [2.75, 3.05) is 11.9 Å². The molecule has 5 heteroatoms. The fourth-order valence-electron chi connectivity index (χ4n) is 2.50. The van der Waals surface area contributed by atoms with E-state index in [0.717, 1.165) is 40.3 Å². The van der Waals surface area contributed by atoms with Gasteiger partial charge >= 0.3 is 0 Å². The third-order valence-corrected chi connectivity index (χ3v) is 3.53. The maximum Gasteiger partial charge on any atom is 0.156 e. The molecule has 0 spiro atoms. The Hall–Kier alpha value is -2.66. The zero-order valence-corrected chi connectivity index (χ0v) is 12.5. The number of hydrogen-bond acceptors (Lipinski definition) is 4.